The van der Waals surface area contributed by atoms with E-state index in [2.05, 4.69) is 39.8 Å². The van der Waals surface area contributed by atoms with E-state index in [0.29, 0.717) is 18.4 Å². The molecule has 0 amide bonds. The average molecular weight is 255 g/mol. The molecular formula is C15H23ClO. The van der Waals surface area contributed by atoms with Crippen LogP contribution in [0.15, 0.2) is 24.3 Å². The van der Waals surface area contributed by atoms with Crippen molar-refractivity contribution in [3.63, 3.8) is 0 Å². The van der Waals surface area contributed by atoms with Gasteiger partial charge in [-0.15, -0.1) is 11.6 Å². The molecule has 1 aromatic carbocycles. The normalized spacial score (nSPS) is 13.5. The van der Waals surface area contributed by atoms with Gasteiger partial charge in [0.1, 0.15) is 5.75 Å². The Bertz CT molecular complexity index is 329. The van der Waals surface area contributed by atoms with Crippen LogP contribution in [0.5, 0.6) is 5.75 Å². The van der Waals surface area contributed by atoms with Crippen LogP contribution < -0.4 is 4.74 Å². The molecule has 0 radical (unpaired) electrons. The highest BCUT2D eigenvalue weighted by molar-refractivity contribution is 6.18. The van der Waals surface area contributed by atoms with E-state index in [1.54, 1.807) is 0 Å². The molecule has 0 aliphatic heterocycles. The van der Waals surface area contributed by atoms with Gasteiger partial charge < -0.3 is 4.74 Å². The van der Waals surface area contributed by atoms with Gasteiger partial charge in [0, 0.05) is 11.8 Å². The summed E-state index contributed by atoms with van der Waals surface area (Å²) >= 11 is 5.74. The minimum atomic E-state index is 0.238. The number of ether oxygens (including phenoxy) is 1. The van der Waals surface area contributed by atoms with Gasteiger partial charge in [-0.1, -0.05) is 39.8 Å². The first-order valence-corrected chi connectivity index (χ1v) is 6.82. The largest absolute Gasteiger partial charge is 0.493 e. The monoisotopic (exact) mass is 254 g/mol. The first-order valence-electron chi connectivity index (χ1n) is 6.29. The Morgan fingerprint density at radius 2 is 1.82 bits per heavy atom. The van der Waals surface area contributed by atoms with Crippen LogP contribution in [0.2, 0.25) is 0 Å². The lowest BCUT2D eigenvalue weighted by molar-refractivity contribution is 0.272. The highest BCUT2D eigenvalue weighted by Crippen LogP contribution is 2.28. The quantitative estimate of drug-likeness (QED) is 0.673. The summed E-state index contributed by atoms with van der Waals surface area (Å²) in [5.41, 5.74) is 1.60. The Hall–Kier alpha value is -0.690. The number of benzene rings is 1. The van der Waals surface area contributed by atoms with Gasteiger partial charge in [0.25, 0.3) is 0 Å². The fourth-order valence-electron chi connectivity index (χ4n) is 1.49. The highest BCUT2D eigenvalue weighted by Gasteiger charge is 2.17. The summed E-state index contributed by atoms with van der Waals surface area (Å²) in [5, 5.41) is 0. The Balaban J connectivity index is 2.62. The van der Waals surface area contributed by atoms with E-state index in [9.17, 15) is 0 Å². The average Bonchev–Trinajstić information content (AvgIpc) is 2.36. The van der Waals surface area contributed by atoms with Crippen molar-refractivity contribution in [3.05, 3.63) is 29.8 Å². The summed E-state index contributed by atoms with van der Waals surface area (Å²) in [6, 6.07) is 8.41. The summed E-state index contributed by atoms with van der Waals surface area (Å²) in [6.07, 6.45) is 1.14. The van der Waals surface area contributed by atoms with Gasteiger partial charge in [0.05, 0.1) is 6.61 Å². The van der Waals surface area contributed by atoms with Crippen LogP contribution in [-0.4, -0.2) is 12.5 Å². The van der Waals surface area contributed by atoms with Crippen molar-refractivity contribution in [2.45, 2.75) is 39.5 Å². The topological polar surface area (TPSA) is 9.23 Å². The van der Waals surface area contributed by atoms with Crippen molar-refractivity contribution in [3.8, 4) is 5.75 Å². The molecule has 0 spiro atoms. The van der Waals surface area contributed by atoms with Crippen LogP contribution in [0.1, 0.15) is 39.7 Å². The Kier molecular flexibility index (Phi) is 5.32. The number of hydrogen-bond acceptors (Lipinski definition) is 1. The lowest BCUT2D eigenvalue weighted by atomic mass is 9.82. The van der Waals surface area contributed by atoms with Crippen molar-refractivity contribution in [2.75, 3.05) is 12.5 Å². The molecule has 1 nitrogen and oxygen atoms in total. The summed E-state index contributed by atoms with van der Waals surface area (Å²) in [7, 11) is 0. The zero-order valence-electron chi connectivity index (χ0n) is 11.3. The zero-order chi connectivity index (χ0) is 12.9. The second-order valence-electron chi connectivity index (χ2n) is 5.33. The molecule has 1 unspecified atom stereocenters. The Morgan fingerprint density at radius 3 is 2.29 bits per heavy atom. The molecule has 0 N–H and O–H groups in total. The van der Waals surface area contributed by atoms with Crippen molar-refractivity contribution < 1.29 is 4.74 Å². The van der Waals surface area contributed by atoms with Crippen LogP contribution >= 0.6 is 11.6 Å². The molecule has 1 aromatic rings. The minimum Gasteiger partial charge on any atom is -0.493 e. The Morgan fingerprint density at radius 1 is 1.24 bits per heavy atom. The first kappa shape index (κ1) is 14.4. The maximum Gasteiger partial charge on any atom is 0.119 e. The molecule has 1 atom stereocenters. The molecule has 2 heteroatoms. The molecule has 1 rings (SSSR count). The second kappa shape index (κ2) is 6.30. The molecule has 0 aromatic heterocycles. The third-order valence-electron chi connectivity index (χ3n) is 3.32. The summed E-state index contributed by atoms with van der Waals surface area (Å²) in [5.74, 6) is 1.96. The van der Waals surface area contributed by atoms with Crippen molar-refractivity contribution >= 4 is 11.6 Å². The van der Waals surface area contributed by atoms with Gasteiger partial charge in [-0.05, 0) is 29.5 Å². The number of hydrogen-bond donors (Lipinski definition) is 0. The molecule has 17 heavy (non-hydrogen) atoms. The third kappa shape index (κ3) is 4.23. The lowest BCUT2D eigenvalue weighted by Crippen LogP contribution is -2.15. The van der Waals surface area contributed by atoms with Gasteiger partial charge in [-0.3, -0.25) is 0 Å². The molecule has 0 aliphatic rings. The number of halogens is 1. The van der Waals surface area contributed by atoms with E-state index in [1.807, 2.05) is 12.1 Å². The van der Waals surface area contributed by atoms with Crippen LogP contribution in [-0.2, 0) is 5.41 Å². The van der Waals surface area contributed by atoms with E-state index in [1.165, 1.54) is 5.56 Å². The van der Waals surface area contributed by atoms with Crippen LogP contribution in [0.3, 0.4) is 0 Å². The molecule has 0 saturated heterocycles. The third-order valence-corrected chi connectivity index (χ3v) is 3.84. The first-order chi connectivity index (χ1) is 7.99. The van der Waals surface area contributed by atoms with Crippen molar-refractivity contribution in [2.24, 2.45) is 5.92 Å². The molecule has 0 saturated carbocycles. The predicted octanol–water partition coefficient (Wildman–Crippen LogP) is 4.63. The van der Waals surface area contributed by atoms with Crippen LogP contribution in [0.4, 0.5) is 0 Å². The van der Waals surface area contributed by atoms with E-state index in [-0.39, 0.29) is 5.41 Å². The van der Waals surface area contributed by atoms with E-state index in [4.69, 9.17) is 16.3 Å². The maximum absolute atomic E-state index is 5.74. The van der Waals surface area contributed by atoms with Gasteiger partial charge in [0.2, 0.25) is 0 Å². The maximum atomic E-state index is 5.74. The van der Waals surface area contributed by atoms with Gasteiger partial charge in [-0.25, -0.2) is 0 Å². The number of rotatable bonds is 6. The van der Waals surface area contributed by atoms with E-state index >= 15 is 0 Å². The van der Waals surface area contributed by atoms with Gasteiger partial charge in [-0.2, -0.15) is 0 Å². The minimum absolute atomic E-state index is 0.238. The summed E-state index contributed by atoms with van der Waals surface area (Å²) in [4.78, 5) is 0. The summed E-state index contributed by atoms with van der Waals surface area (Å²) in [6.45, 7) is 9.50. The zero-order valence-corrected chi connectivity index (χ0v) is 12.1. The van der Waals surface area contributed by atoms with E-state index in [0.717, 1.165) is 12.2 Å². The number of alkyl halides is 1. The SMILES string of the molecule is CCC(C)(C)c1ccc(OCC(C)CCl)cc1. The van der Waals surface area contributed by atoms with Crippen LogP contribution in [0, 0.1) is 5.92 Å². The van der Waals surface area contributed by atoms with Crippen molar-refractivity contribution in [1.82, 2.24) is 0 Å². The fourth-order valence-corrected chi connectivity index (χ4v) is 1.58. The fraction of sp³-hybridized carbons (Fsp3) is 0.600. The standard InChI is InChI=1S/C15H23ClO/c1-5-15(3,4)13-6-8-14(9-7-13)17-11-12(2)10-16/h6-9,12H,5,10-11H2,1-4H3. The Labute approximate surface area is 110 Å². The molecular weight excluding hydrogens is 232 g/mol. The predicted molar refractivity (Wildman–Crippen MR) is 75.1 cm³/mol. The van der Waals surface area contributed by atoms with Crippen LogP contribution in [0.25, 0.3) is 0 Å². The molecule has 0 bridgehead atoms. The van der Waals surface area contributed by atoms with Crippen molar-refractivity contribution in [1.29, 1.82) is 0 Å². The molecule has 0 fully saturated rings. The van der Waals surface area contributed by atoms with Gasteiger partial charge in [0.15, 0.2) is 0 Å². The second-order valence-corrected chi connectivity index (χ2v) is 5.64. The van der Waals surface area contributed by atoms with Gasteiger partial charge >= 0.3 is 0 Å². The summed E-state index contributed by atoms with van der Waals surface area (Å²) < 4.78 is 5.68. The highest BCUT2D eigenvalue weighted by atomic mass is 35.5. The molecule has 0 heterocycles. The lowest BCUT2D eigenvalue weighted by Gasteiger charge is -2.23. The smallest absolute Gasteiger partial charge is 0.119 e. The van der Waals surface area contributed by atoms with E-state index < -0.39 is 0 Å². The molecule has 96 valence electrons. The molecule has 0 aliphatic carbocycles.